The maximum Gasteiger partial charge on any atom is 0.252 e. The fourth-order valence-electron chi connectivity index (χ4n) is 1.69. The van der Waals surface area contributed by atoms with Crippen molar-refractivity contribution < 1.29 is 13.2 Å². The number of aromatic nitrogens is 1. The molecule has 2 rings (SSSR count). The highest BCUT2D eigenvalue weighted by atomic mass is 32.2. The highest BCUT2D eigenvalue weighted by Crippen LogP contribution is 2.24. The van der Waals surface area contributed by atoms with E-state index < -0.39 is 10.0 Å². The van der Waals surface area contributed by atoms with Crippen molar-refractivity contribution in [2.45, 2.75) is 24.1 Å². The molecule has 0 radical (unpaired) electrons. The van der Waals surface area contributed by atoms with Gasteiger partial charge in [0, 0.05) is 13.0 Å². The van der Waals surface area contributed by atoms with Crippen molar-refractivity contribution in [2.24, 2.45) is 0 Å². The van der Waals surface area contributed by atoms with Crippen molar-refractivity contribution in [1.29, 1.82) is 0 Å². The van der Waals surface area contributed by atoms with E-state index >= 15 is 0 Å². The first-order chi connectivity index (χ1) is 9.88. The Morgan fingerprint density at radius 2 is 1.95 bits per heavy atom. The van der Waals surface area contributed by atoms with E-state index in [-0.39, 0.29) is 21.3 Å². The van der Waals surface area contributed by atoms with Crippen molar-refractivity contribution in [1.82, 2.24) is 9.71 Å². The number of hydrogen-bond acceptors (Lipinski definition) is 5. The zero-order valence-corrected chi connectivity index (χ0v) is 13.2. The van der Waals surface area contributed by atoms with Crippen molar-refractivity contribution >= 4 is 32.4 Å². The van der Waals surface area contributed by atoms with Crippen LogP contribution in [0.25, 0.3) is 0 Å². The summed E-state index contributed by atoms with van der Waals surface area (Å²) in [5.41, 5.74) is 0.868. The minimum absolute atomic E-state index is 0.0639. The molecule has 1 aromatic heterocycles. The van der Waals surface area contributed by atoms with Crippen molar-refractivity contribution in [2.75, 3.05) is 5.32 Å². The van der Waals surface area contributed by atoms with Gasteiger partial charge in [0.05, 0.1) is 6.20 Å². The van der Waals surface area contributed by atoms with Gasteiger partial charge >= 0.3 is 0 Å². The van der Waals surface area contributed by atoms with Crippen LogP contribution >= 0.6 is 11.3 Å². The molecule has 0 spiro atoms. The standard InChI is InChI=1S/C13H15N3O3S2/c1-9(11-6-4-3-5-7-11)16-21(18,19)12-8-14-13(20-12)15-10(2)17/h3-9,16H,1-2H3,(H,14,15,17)/t9-/m1/s1. The van der Waals surface area contributed by atoms with Crippen LogP contribution in [0.1, 0.15) is 25.5 Å². The number of amides is 1. The number of nitrogens with zero attached hydrogens (tertiary/aromatic N) is 1. The van der Waals surface area contributed by atoms with Crippen LogP contribution in [0.3, 0.4) is 0 Å². The minimum atomic E-state index is -3.67. The molecule has 6 nitrogen and oxygen atoms in total. The van der Waals surface area contributed by atoms with Crippen LogP contribution in [0.2, 0.25) is 0 Å². The summed E-state index contributed by atoms with van der Waals surface area (Å²) >= 11 is 0.912. The van der Waals surface area contributed by atoms with Gasteiger partial charge in [0.1, 0.15) is 0 Å². The number of carbonyl (C=O) groups is 1. The van der Waals surface area contributed by atoms with Gasteiger partial charge in [0.25, 0.3) is 10.0 Å². The molecule has 1 aromatic carbocycles. The fraction of sp³-hybridized carbons (Fsp3) is 0.231. The van der Waals surface area contributed by atoms with Crippen LogP contribution in [0.15, 0.2) is 40.7 Å². The van der Waals surface area contributed by atoms with Crippen LogP contribution in [-0.2, 0) is 14.8 Å². The summed E-state index contributed by atoms with van der Waals surface area (Å²) in [7, 11) is -3.67. The molecule has 0 aliphatic rings. The highest BCUT2D eigenvalue weighted by Gasteiger charge is 2.21. The lowest BCUT2D eigenvalue weighted by Crippen LogP contribution is -2.26. The second-order valence-electron chi connectivity index (χ2n) is 4.42. The second-order valence-corrected chi connectivity index (χ2v) is 7.39. The molecule has 0 saturated carbocycles. The van der Waals surface area contributed by atoms with Gasteiger partial charge < -0.3 is 5.32 Å². The Morgan fingerprint density at radius 3 is 2.57 bits per heavy atom. The van der Waals surface area contributed by atoms with Crippen molar-refractivity contribution in [3.63, 3.8) is 0 Å². The largest absolute Gasteiger partial charge is 0.302 e. The second kappa shape index (κ2) is 6.33. The van der Waals surface area contributed by atoms with Gasteiger partial charge in [-0.25, -0.2) is 18.1 Å². The first-order valence-electron chi connectivity index (χ1n) is 6.19. The highest BCUT2D eigenvalue weighted by molar-refractivity contribution is 7.91. The molecule has 0 aliphatic heterocycles. The maximum atomic E-state index is 12.3. The summed E-state index contributed by atoms with van der Waals surface area (Å²) in [6, 6.07) is 8.91. The quantitative estimate of drug-likeness (QED) is 0.881. The van der Waals surface area contributed by atoms with E-state index in [9.17, 15) is 13.2 Å². The predicted octanol–water partition coefficient (Wildman–Crippen LogP) is 2.14. The minimum Gasteiger partial charge on any atom is -0.302 e. The lowest BCUT2D eigenvalue weighted by atomic mass is 10.1. The monoisotopic (exact) mass is 325 g/mol. The molecule has 8 heteroatoms. The number of anilines is 1. The lowest BCUT2D eigenvalue weighted by molar-refractivity contribution is -0.114. The molecule has 21 heavy (non-hydrogen) atoms. The van der Waals surface area contributed by atoms with E-state index in [0.29, 0.717) is 0 Å². The lowest BCUT2D eigenvalue weighted by Gasteiger charge is -2.13. The van der Waals surface area contributed by atoms with Gasteiger partial charge in [0.15, 0.2) is 9.34 Å². The molecular weight excluding hydrogens is 310 g/mol. The average Bonchev–Trinajstić information content (AvgIpc) is 2.88. The molecule has 2 N–H and O–H groups in total. The Morgan fingerprint density at radius 1 is 1.29 bits per heavy atom. The van der Waals surface area contributed by atoms with Crippen molar-refractivity contribution in [3.8, 4) is 0 Å². The third kappa shape index (κ3) is 4.10. The van der Waals surface area contributed by atoms with E-state index in [1.54, 1.807) is 6.92 Å². The van der Waals surface area contributed by atoms with E-state index in [0.717, 1.165) is 16.9 Å². The molecule has 0 aliphatic carbocycles. The summed E-state index contributed by atoms with van der Waals surface area (Å²) in [5.74, 6) is -0.293. The van der Waals surface area contributed by atoms with Crippen LogP contribution in [0, 0.1) is 0 Å². The van der Waals surface area contributed by atoms with E-state index in [2.05, 4.69) is 15.0 Å². The van der Waals surface area contributed by atoms with E-state index in [4.69, 9.17) is 0 Å². The van der Waals surface area contributed by atoms with Crippen LogP contribution in [0.5, 0.6) is 0 Å². The Hall–Kier alpha value is -1.77. The first-order valence-corrected chi connectivity index (χ1v) is 8.49. The number of carbonyl (C=O) groups excluding carboxylic acids is 1. The molecule has 2 aromatic rings. The third-order valence-electron chi connectivity index (χ3n) is 2.66. The number of thiazole rings is 1. The number of sulfonamides is 1. The summed E-state index contributed by atoms with van der Waals surface area (Å²) in [6.07, 6.45) is 1.23. The predicted molar refractivity (Wildman–Crippen MR) is 81.6 cm³/mol. The zero-order valence-electron chi connectivity index (χ0n) is 11.5. The molecule has 1 atom stereocenters. The summed E-state index contributed by atoms with van der Waals surface area (Å²) in [5, 5.41) is 2.72. The Kier molecular flexibility index (Phi) is 4.71. The fourth-order valence-corrected chi connectivity index (χ4v) is 4.02. The number of hydrogen-bond donors (Lipinski definition) is 2. The maximum absolute atomic E-state index is 12.3. The van der Waals surface area contributed by atoms with E-state index in [1.165, 1.54) is 13.1 Å². The zero-order chi connectivity index (χ0) is 15.5. The molecule has 0 saturated heterocycles. The molecular formula is C13H15N3O3S2. The number of nitrogens with one attached hydrogen (secondary N) is 2. The molecule has 0 bridgehead atoms. The smallest absolute Gasteiger partial charge is 0.252 e. The Bertz CT molecular complexity index is 726. The van der Waals surface area contributed by atoms with Crippen LogP contribution in [-0.4, -0.2) is 19.3 Å². The van der Waals surface area contributed by atoms with Crippen molar-refractivity contribution in [3.05, 3.63) is 42.1 Å². The molecule has 1 heterocycles. The van der Waals surface area contributed by atoms with Gasteiger partial charge in [-0.15, -0.1) is 0 Å². The van der Waals surface area contributed by atoms with Crippen LogP contribution in [0.4, 0.5) is 5.13 Å². The summed E-state index contributed by atoms with van der Waals surface area (Å²) < 4.78 is 27.2. The van der Waals surface area contributed by atoms with Crippen LogP contribution < -0.4 is 10.0 Å². The van der Waals surface area contributed by atoms with Gasteiger partial charge in [-0.2, -0.15) is 0 Å². The number of benzene rings is 1. The van der Waals surface area contributed by atoms with E-state index in [1.807, 2.05) is 30.3 Å². The first kappa shape index (κ1) is 15.6. The van der Waals surface area contributed by atoms with Gasteiger partial charge in [-0.05, 0) is 12.5 Å². The third-order valence-corrected chi connectivity index (χ3v) is 5.58. The normalized spacial score (nSPS) is 12.9. The number of rotatable bonds is 5. The molecule has 0 unspecified atom stereocenters. The Labute approximate surface area is 127 Å². The molecule has 1 amide bonds. The topological polar surface area (TPSA) is 88.2 Å². The van der Waals surface area contributed by atoms with Gasteiger partial charge in [-0.3, -0.25) is 4.79 Å². The van der Waals surface area contributed by atoms with Gasteiger partial charge in [0.2, 0.25) is 5.91 Å². The average molecular weight is 325 g/mol. The molecule has 112 valence electrons. The van der Waals surface area contributed by atoms with Gasteiger partial charge in [-0.1, -0.05) is 41.7 Å². The molecule has 0 fully saturated rings. The SMILES string of the molecule is CC(=O)Nc1ncc(S(=O)(=O)N[C@H](C)c2ccccc2)s1. The summed E-state index contributed by atoms with van der Waals surface area (Å²) in [6.45, 7) is 3.11. The Balaban J connectivity index is 2.15. The summed E-state index contributed by atoms with van der Waals surface area (Å²) in [4.78, 5) is 14.8.